The average molecular weight is 369 g/mol. The van der Waals surface area contributed by atoms with Gasteiger partial charge in [-0.15, -0.1) is 0 Å². The number of fused-ring (bicyclic) bond motifs is 1. The molecule has 0 bridgehead atoms. The third kappa shape index (κ3) is 4.94. The number of halogens is 4. The summed E-state index contributed by atoms with van der Waals surface area (Å²) in [4.78, 5) is 0. The van der Waals surface area contributed by atoms with E-state index >= 15 is 0 Å². The number of nitrogens with zero attached hydrogens (tertiary/aromatic N) is 1. The van der Waals surface area contributed by atoms with Crippen LogP contribution in [0.1, 0.15) is 0 Å². The molecule has 136 valence electrons. The molecule has 4 aromatic rings. The molecule has 0 atom stereocenters. The Labute approximate surface area is 154 Å². The van der Waals surface area contributed by atoms with Crippen LogP contribution in [0.4, 0.5) is 17.3 Å². The fourth-order valence-electron chi connectivity index (χ4n) is 2.91. The summed E-state index contributed by atoms with van der Waals surface area (Å²) in [6.07, 6.45) is 2.13. The summed E-state index contributed by atoms with van der Waals surface area (Å²) in [5, 5.41) is 0. The predicted octanol–water partition coefficient (Wildman–Crippen LogP) is 6.06. The summed E-state index contributed by atoms with van der Waals surface area (Å²) in [7, 11) is -6.00. The topological polar surface area (TPSA) is 4.10 Å². The molecule has 0 N–H and O–H groups in total. The molecule has 0 aliphatic heterocycles. The maximum absolute atomic E-state index is 9.75. The monoisotopic (exact) mass is 369 g/mol. The number of benzene rings is 2. The van der Waals surface area contributed by atoms with E-state index in [4.69, 9.17) is 0 Å². The van der Waals surface area contributed by atoms with Gasteiger partial charge in [0.05, 0.1) is 5.56 Å². The largest absolute Gasteiger partial charge is 0.673 e. The lowest BCUT2D eigenvalue weighted by molar-refractivity contribution is -0.499. The third-order valence-electron chi connectivity index (χ3n) is 3.94. The van der Waals surface area contributed by atoms with Crippen LogP contribution in [0.3, 0.4) is 0 Å². The van der Waals surface area contributed by atoms with Gasteiger partial charge >= 0.3 is 7.25 Å². The molecule has 1 nitrogen and oxygen atoms in total. The molecule has 0 saturated heterocycles. The first kappa shape index (κ1) is 18.6. The molecule has 4 rings (SSSR count). The molecule has 0 spiro atoms. The van der Waals surface area contributed by atoms with Gasteiger partial charge in [0.15, 0.2) is 6.20 Å². The van der Waals surface area contributed by atoms with Crippen LogP contribution in [-0.4, -0.2) is 7.25 Å². The fraction of sp³-hybridized carbons (Fsp3) is 0. The summed E-state index contributed by atoms with van der Waals surface area (Å²) in [6, 6.07) is 31.8. The highest BCUT2D eigenvalue weighted by molar-refractivity contribution is 6.50. The number of rotatable bonds is 2. The highest BCUT2D eigenvalue weighted by Crippen LogP contribution is 2.29. The Kier molecular flexibility index (Phi) is 5.55. The van der Waals surface area contributed by atoms with Crippen molar-refractivity contribution in [1.82, 2.24) is 0 Å². The van der Waals surface area contributed by atoms with Crippen molar-refractivity contribution < 1.29 is 21.7 Å². The first-order chi connectivity index (χ1) is 12.9. The molecule has 2 heterocycles. The zero-order valence-electron chi connectivity index (χ0n) is 14.3. The summed E-state index contributed by atoms with van der Waals surface area (Å²) in [6.45, 7) is 0. The molecular weight excluding hydrogens is 353 g/mol. The van der Waals surface area contributed by atoms with Gasteiger partial charge in [0.1, 0.15) is 0 Å². The number of hydrogen-bond acceptors (Lipinski definition) is 0. The van der Waals surface area contributed by atoms with Crippen LogP contribution in [0.2, 0.25) is 0 Å². The van der Waals surface area contributed by atoms with Crippen LogP contribution >= 0.6 is 0 Å². The fourth-order valence-corrected chi connectivity index (χ4v) is 2.91. The van der Waals surface area contributed by atoms with Crippen LogP contribution in [0.5, 0.6) is 0 Å². The quantitative estimate of drug-likeness (QED) is 0.230. The zero-order chi connectivity index (χ0) is 19.3. The number of hydrogen-bond donors (Lipinski definition) is 0. The Bertz CT molecular complexity index is 1010. The third-order valence-corrected chi connectivity index (χ3v) is 3.94. The molecule has 0 radical (unpaired) electrons. The van der Waals surface area contributed by atoms with Gasteiger partial charge in [0.2, 0.25) is 11.2 Å². The van der Waals surface area contributed by atoms with E-state index in [-0.39, 0.29) is 0 Å². The Morgan fingerprint density at radius 3 is 1.67 bits per heavy atom. The lowest BCUT2D eigenvalue weighted by Crippen LogP contribution is -2.25. The lowest BCUT2D eigenvalue weighted by atomic mass is 9.98. The van der Waals surface area contributed by atoms with Crippen LogP contribution in [-0.2, 0) is 0 Å². The maximum atomic E-state index is 9.75. The smallest absolute Gasteiger partial charge is 0.418 e. The molecule has 0 aliphatic rings. The van der Waals surface area contributed by atoms with Crippen LogP contribution in [0.25, 0.3) is 27.9 Å². The second kappa shape index (κ2) is 8.04. The number of pyridine rings is 2. The van der Waals surface area contributed by atoms with E-state index in [0.29, 0.717) is 0 Å². The second-order valence-corrected chi connectivity index (χ2v) is 5.82. The number of aromatic nitrogens is 1. The SMILES string of the molecule is F[B-](F)(F)F.c1ccc(-c2ccc3cccc[n+]3c2-c2ccccc2)cc1. The average Bonchev–Trinajstić information content (AvgIpc) is 2.67. The first-order valence-corrected chi connectivity index (χ1v) is 8.35. The molecule has 0 amide bonds. The van der Waals surface area contributed by atoms with Crippen molar-refractivity contribution in [1.29, 1.82) is 0 Å². The van der Waals surface area contributed by atoms with Crippen molar-refractivity contribution >= 4 is 12.8 Å². The van der Waals surface area contributed by atoms with Gasteiger partial charge < -0.3 is 17.3 Å². The molecular formula is C21H16BF4N. The van der Waals surface area contributed by atoms with Gasteiger partial charge in [0.25, 0.3) is 0 Å². The minimum atomic E-state index is -6.00. The van der Waals surface area contributed by atoms with E-state index in [1.807, 2.05) is 0 Å². The summed E-state index contributed by atoms with van der Waals surface area (Å²) < 4.78 is 41.3. The van der Waals surface area contributed by atoms with Crippen molar-refractivity contribution in [3.05, 3.63) is 97.2 Å². The summed E-state index contributed by atoms with van der Waals surface area (Å²) in [5.41, 5.74) is 6.13. The summed E-state index contributed by atoms with van der Waals surface area (Å²) in [5.74, 6) is 0. The molecule has 0 unspecified atom stereocenters. The van der Waals surface area contributed by atoms with Gasteiger partial charge in [-0.05, 0) is 29.8 Å². The van der Waals surface area contributed by atoms with Crippen LogP contribution < -0.4 is 4.40 Å². The minimum absolute atomic E-state index is 1.20. The van der Waals surface area contributed by atoms with E-state index < -0.39 is 7.25 Å². The second-order valence-electron chi connectivity index (χ2n) is 5.82. The molecule has 0 saturated carbocycles. The summed E-state index contributed by atoms with van der Waals surface area (Å²) >= 11 is 0. The van der Waals surface area contributed by atoms with E-state index in [2.05, 4.69) is 102 Å². The molecule has 6 heteroatoms. The van der Waals surface area contributed by atoms with Crippen molar-refractivity contribution in [2.24, 2.45) is 0 Å². The molecule has 2 aromatic carbocycles. The van der Waals surface area contributed by atoms with Crippen molar-refractivity contribution in [3.8, 4) is 22.4 Å². The van der Waals surface area contributed by atoms with E-state index in [1.54, 1.807) is 0 Å². The van der Waals surface area contributed by atoms with E-state index in [9.17, 15) is 17.3 Å². The molecule has 0 aliphatic carbocycles. The van der Waals surface area contributed by atoms with Crippen molar-refractivity contribution in [2.75, 3.05) is 0 Å². The molecule has 2 aromatic heterocycles. The van der Waals surface area contributed by atoms with Gasteiger partial charge in [0, 0.05) is 23.8 Å². The van der Waals surface area contributed by atoms with E-state index in [1.165, 1.54) is 27.9 Å². The Morgan fingerprint density at radius 1 is 0.556 bits per heavy atom. The van der Waals surface area contributed by atoms with Gasteiger partial charge in [-0.3, -0.25) is 0 Å². The van der Waals surface area contributed by atoms with Crippen LogP contribution in [0.15, 0.2) is 97.2 Å². The highest BCUT2D eigenvalue weighted by atomic mass is 19.5. The Hall–Kier alpha value is -3.15. The highest BCUT2D eigenvalue weighted by Gasteiger charge is 2.20. The van der Waals surface area contributed by atoms with Gasteiger partial charge in [-0.1, -0.05) is 48.5 Å². The minimum Gasteiger partial charge on any atom is -0.418 e. The maximum Gasteiger partial charge on any atom is 0.673 e. The van der Waals surface area contributed by atoms with Gasteiger partial charge in [-0.2, -0.15) is 4.40 Å². The molecule has 0 fully saturated rings. The van der Waals surface area contributed by atoms with Crippen LogP contribution in [0, 0.1) is 0 Å². The van der Waals surface area contributed by atoms with Crippen molar-refractivity contribution in [3.63, 3.8) is 0 Å². The molecule has 27 heavy (non-hydrogen) atoms. The predicted molar refractivity (Wildman–Crippen MR) is 101 cm³/mol. The Morgan fingerprint density at radius 2 is 1.07 bits per heavy atom. The van der Waals surface area contributed by atoms with E-state index in [0.717, 1.165) is 0 Å². The van der Waals surface area contributed by atoms with Crippen molar-refractivity contribution in [2.45, 2.75) is 0 Å². The lowest BCUT2D eigenvalue weighted by Gasteiger charge is -2.07. The zero-order valence-corrected chi connectivity index (χ0v) is 14.3. The standard InChI is InChI=1S/C21H16N.BF4/c1-3-9-17(10-4-1)20-15-14-19-13-7-8-16-22(19)21(20)18-11-5-2-6-12-18;2-1(3,4)5/h1-16H;/q+1;-1. The Balaban J connectivity index is 0.000000376. The van der Waals surface area contributed by atoms with Gasteiger partial charge in [-0.25, -0.2) is 0 Å². The normalized spacial score (nSPS) is 11.0. The first-order valence-electron chi connectivity index (χ1n) is 8.35.